The Bertz CT molecular complexity index is 624. The molecule has 2 rings (SSSR count). The van der Waals surface area contributed by atoms with Gasteiger partial charge in [-0.05, 0) is 30.5 Å². The average Bonchev–Trinajstić information content (AvgIpc) is 2.39. The summed E-state index contributed by atoms with van der Waals surface area (Å²) in [6.45, 7) is 6.54. The molecule has 1 heterocycles. The third kappa shape index (κ3) is 2.76. The standard InChI is InChI=1S/C16H20N2O/c1-11(2)13-4-6-15(7-5-13)18-10-14(9-17)16(19)8-12(18)3/h4-8,10-11H,9,17H2,1-3H3. The topological polar surface area (TPSA) is 48.0 Å². The summed E-state index contributed by atoms with van der Waals surface area (Å²) < 4.78 is 2.01. The highest BCUT2D eigenvalue weighted by atomic mass is 16.1. The first kappa shape index (κ1) is 13.6. The number of pyridine rings is 1. The first-order chi connectivity index (χ1) is 9.02. The highest BCUT2D eigenvalue weighted by Crippen LogP contribution is 2.17. The molecule has 1 aromatic carbocycles. The molecule has 1 aromatic heterocycles. The van der Waals surface area contributed by atoms with Gasteiger partial charge < -0.3 is 10.3 Å². The van der Waals surface area contributed by atoms with Crippen LogP contribution < -0.4 is 11.2 Å². The summed E-state index contributed by atoms with van der Waals surface area (Å²) >= 11 is 0. The Hall–Kier alpha value is -1.87. The first-order valence-electron chi connectivity index (χ1n) is 6.55. The summed E-state index contributed by atoms with van der Waals surface area (Å²) in [5, 5.41) is 0. The molecule has 0 fully saturated rings. The summed E-state index contributed by atoms with van der Waals surface area (Å²) in [6, 6.07) is 10.0. The Kier molecular flexibility index (Phi) is 3.86. The SMILES string of the molecule is Cc1cc(=O)c(CN)cn1-c1ccc(C(C)C)cc1. The molecule has 0 saturated heterocycles. The van der Waals surface area contributed by atoms with E-state index in [1.165, 1.54) is 5.56 Å². The molecule has 0 spiro atoms. The number of hydrogen-bond donors (Lipinski definition) is 1. The third-order valence-electron chi connectivity index (χ3n) is 3.38. The fourth-order valence-electron chi connectivity index (χ4n) is 2.12. The van der Waals surface area contributed by atoms with Gasteiger partial charge in [-0.2, -0.15) is 0 Å². The van der Waals surface area contributed by atoms with Crippen molar-refractivity contribution in [2.24, 2.45) is 5.73 Å². The van der Waals surface area contributed by atoms with Crippen molar-refractivity contribution in [3.05, 3.63) is 63.6 Å². The molecule has 0 amide bonds. The van der Waals surface area contributed by atoms with Gasteiger partial charge in [0.05, 0.1) is 0 Å². The monoisotopic (exact) mass is 256 g/mol. The molecule has 2 aromatic rings. The normalized spacial score (nSPS) is 11.0. The van der Waals surface area contributed by atoms with Crippen LogP contribution in [0.1, 0.15) is 36.6 Å². The van der Waals surface area contributed by atoms with Crippen LogP contribution in [0.4, 0.5) is 0 Å². The van der Waals surface area contributed by atoms with E-state index in [-0.39, 0.29) is 12.0 Å². The maximum atomic E-state index is 11.7. The zero-order valence-corrected chi connectivity index (χ0v) is 11.7. The maximum Gasteiger partial charge on any atom is 0.186 e. The van der Waals surface area contributed by atoms with Crippen molar-refractivity contribution < 1.29 is 0 Å². The predicted molar refractivity (Wildman–Crippen MR) is 78.8 cm³/mol. The number of hydrogen-bond acceptors (Lipinski definition) is 2. The van der Waals surface area contributed by atoms with Crippen molar-refractivity contribution in [1.82, 2.24) is 4.57 Å². The summed E-state index contributed by atoms with van der Waals surface area (Å²) in [5.41, 5.74) is 9.52. The minimum atomic E-state index is 0.00931. The Morgan fingerprint density at radius 1 is 1.21 bits per heavy atom. The van der Waals surface area contributed by atoms with Gasteiger partial charge in [-0.3, -0.25) is 4.79 Å². The molecule has 0 bridgehead atoms. The zero-order chi connectivity index (χ0) is 14.0. The summed E-state index contributed by atoms with van der Waals surface area (Å²) in [6.07, 6.45) is 1.84. The fourth-order valence-corrected chi connectivity index (χ4v) is 2.12. The Morgan fingerprint density at radius 3 is 2.37 bits per heavy atom. The predicted octanol–water partition coefficient (Wildman–Crippen LogP) is 2.73. The van der Waals surface area contributed by atoms with E-state index >= 15 is 0 Å². The van der Waals surface area contributed by atoms with Crippen molar-refractivity contribution in [2.75, 3.05) is 0 Å². The van der Waals surface area contributed by atoms with E-state index < -0.39 is 0 Å². The summed E-state index contributed by atoms with van der Waals surface area (Å²) in [5.74, 6) is 0.517. The van der Waals surface area contributed by atoms with E-state index in [1.54, 1.807) is 6.07 Å². The molecular formula is C16H20N2O. The van der Waals surface area contributed by atoms with Gasteiger partial charge in [0.2, 0.25) is 0 Å². The Balaban J connectivity index is 2.49. The Morgan fingerprint density at radius 2 is 1.84 bits per heavy atom. The Labute approximate surface area is 113 Å². The van der Waals surface area contributed by atoms with Gasteiger partial charge >= 0.3 is 0 Å². The minimum Gasteiger partial charge on any atom is -0.326 e. The quantitative estimate of drug-likeness (QED) is 0.918. The average molecular weight is 256 g/mol. The molecule has 0 radical (unpaired) electrons. The van der Waals surface area contributed by atoms with Crippen LogP contribution in [0.2, 0.25) is 0 Å². The zero-order valence-electron chi connectivity index (χ0n) is 11.7. The van der Waals surface area contributed by atoms with Crippen LogP contribution >= 0.6 is 0 Å². The lowest BCUT2D eigenvalue weighted by Gasteiger charge is -2.13. The van der Waals surface area contributed by atoms with Crippen molar-refractivity contribution in [3.63, 3.8) is 0 Å². The second kappa shape index (κ2) is 5.41. The molecule has 0 aliphatic carbocycles. The molecule has 0 aliphatic rings. The van der Waals surface area contributed by atoms with Gasteiger partial charge in [-0.1, -0.05) is 26.0 Å². The van der Waals surface area contributed by atoms with Crippen molar-refractivity contribution in [1.29, 1.82) is 0 Å². The van der Waals surface area contributed by atoms with Crippen LogP contribution in [0.15, 0.2) is 41.3 Å². The van der Waals surface area contributed by atoms with E-state index in [4.69, 9.17) is 5.73 Å². The number of aromatic nitrogens is 1. The molecular weight excluding hydrogens is 236 g/mol. The smallest absolute Gasteiger partial charge is 0.186 e. The minimum absolute atomic E-state index is 0.00931. The van der Waals surface area contributed by atoms with Gasteiger partial charge in [0.25, 0.3) is 0 Å². The largest absolute Gasteiger partial charge is 0.326 e. The van der Waals surface area contributed by atoms with Crippen LogP contribution in [0.5, 0.6) is 0 Å². The van der Waals surface area contributed by atoms with Crippen LogP contribution in [0.3, 0.4) is 0 Å². The maximum absolute atomic E-state index is 11.7. The number of rotatable bonds is 3. The van der Waals surface area contributed by atoms with Crippen molar-refractivity contribution in [3.8, 4) is 5.69 Å². The van der Waals surface area contributed by atoms with Gasteiger partial charge in [0, 0.05) is 35.8 Å². The lowest BCUT2D eigenvalue weighted by molar-refractivity contribution is 0.862. The first-order valence-corrected chi connectivity index (χ1v) is 6.55. The van der Waals surface area contributed by atoms with Crippen LogP contribution in [0.25, 0.3) is 5.69 Å². The van der Waals surface area contributed by atoms with E-state index in [1.807, 2.05) is 17.7 Å². The summed E-state index contributed by atoms with van der Waals surface area (Å²) in [7, 11) is 0. The fraction of sp³-hybridized carbons (Fsp3) is 0.312. The highest BCUT2D eigenvalue weighted by molar-refractivity contribution is 5.38. The number of nitrogens with zero attached hydrogens (tertiary/aromatic N) is 1. The van der Waals surface area contributed by atoms with Crippen LogP contribution in [-0.2, 0) is 6.54 Å². The summed E-state index contributed by atoms with van der Waals surface area (Å²) in [4.78, 5) is 11.7. The van der Waals surface area contributed by atoms with E-state index in [0.29, 0.717) is 11.5 Å². The number of benzene rings is 1. The highest BCUT2D eigenvalue weighted by Gasteiger charge is 2.05. The van der Waals surface area contributed by atoms with E-state index in [2.05, 4.69) is 38.1 Å². The van der Waals surface area contributed by atoms with Gasteiger partial charge in [-0.15, -0.1) is 0 Å². The number of aryl methyl sites for hydroxylation is 1. The second-order valence-corrected chi connectivity index (χ2v) is 5.12. The molecule has 0 aliphatic heterocycles. The lowest BCUT2D eigenvalue weighted by Crippen LogP contribution is -2.16. The third-order valence-corrected chi connectivity index (χ3v) is 3.38. The molecule has 0 unspecified atom stereocenters. The molecule has 2 N–H and O–H groups in total. The molecule has 3 heteroatoms. The second-order valence-electron chi connectivity index (χ2n) is 5.12. The van der Waals surface area contributed by atoms with Crippen LogP contribution in [0, 0.1) is 6.92 Å². The van der Waals surface area contributed by atoms with Gasteiger partial charge in [-0.25, -0.2) is 0 Å². The molecule has 100 valence electrons. The number of nitrogens with two attached hydrogens (primary N) is 1. The van der Waals surface area contributed by atoms with E-state index in [9.17, 15) is 4.79 Å². The molecule has 19 heavy (non-hydrogen) atoms. The molecule has 0 saturated carbocycles. The molecule has 3 nitrogen and oxygen atoms in total. The lowest BCUT2D eigenvalue weighted by atomic mass is 10.0. The van der Waals surface area contributed by atoms with Gasteiger partial charge in [0.1, 0.15) is 0 Å². The van der Waals surface area contributed by atoms with E-state index in [0.717, 1.165) is 11.4 Å². The molecule has 0 atom stereocenters. The van der Waals surface area contributed by atoms with Crippen molar-refractivity contribution >= 4 is 0 Å². The van der Waals surface area contributed by atoms with Gasteiger partial charge in [0.15, 0.2) is 5.43 Å². The van der Waals surface area contributed by atoms with Crippen molar-refractivity contribution in [2.45, 2.75) is 33.2 Å². The van der Waals surface area contributed by atoms with Crippen LogP contribution in [-0.4, -0.2) is 4.57 Å².